The van der Waals surface area contributed by atoms with E-state index in [2.05, 4.69) is 63.8 Å². The lowest BCUT2D eigenvalue weighted by Gasteiger charge is -2.29. The molecule has 1 aromatic carbocycles. The molecule has 0 unspecified atom stereocenters. The minimum absolute atomic E-state index is 0.0917. The molecule has 0 saturated carbocycles. The Labute approximate surface area is 177 Å². The SMILES string of the molecule is CNCc1cccc([C@@H](C)Nc2nnc(C)c3ncc(N4CCOCC4)cc23)c1C. The van der Waals surface area contributed by atoms with Gasteiger partial charge in [0, 0.05) is 25.0 Å². The molecule has 3 heterocycles. The van der Waals surface area contributed by atoms with E-state index >= 15 is 0 Å². The van der Waals surface area contributed by atoms with Gasteiger partial charge in [0.2, 0.25) is 0 Å². The number of hydrogen-bond acceptors (Lipinski definition) is 7. The molecule has 0 aliphatic carbocycles. The second kappa shape index (κ2) is 8.93. The fraction of sp³-hybridized carbons (Fsp3) is 0.435. The monoisotopic (exact) mass is 406 g/mol. The number of anilines is 2. The minimum atomic E-state index is 0.0917. The Morgan fingerprint density at radius 1 is 1.17 bits per heavy atom. The molecule has 0 bridgehead atoms. The first-order valence-electron chi connectivity index (χ1n) is 10.5. The van der Waals surface area contributed by atoms with Crippen molar-refractivity contribution in [3.05, 3.63) is 52.8 Å². The van der Waals surface area contributed by atoms with Gasteiger partial charge in [-0.1, -0.05) is 18.2 Å². The third-order valence-corrected chi connectivity index (χ3v) is 5.82. The molecule has 0 radical (unpaired) electrons. The average Bonchev–Trinajstić information content (AvgIpc) is 2.77. The fourth-order valence-electron chi connectivity index (χ4n) is 4.09. The Morgan fingerprint density at radius 2 is 1.97 bits per heavy atom. The molecule has 7 heteroatoms. The normalized spacial score (nSPS) is 15.4. The molecule has 2 aromatic heterocycles. The highest BCUT2D eigenvalue weighted by Gasteiger charge is 2.17. The third-order valence-electron chi connectivity index (χ3n) is 5.82. The smallest absolute Gasteiger partial charge is 0.158 e. The van der Waals surface area contributed by atoms with Crippen molar-refractivity contribution in [1.29, 1.82) is 0 Å². The molecule has 1 saturated heterocycles. The number of rotatable bonds is 6. The molecule has 0 spiro atoms. The first-order chi connectivity index (χ1) is 14.6. The van der Waals surface area contributed by atoms with Crippen LogP contribution in [0.25, 0.3) is 10.9 Å². The highest BCUT2D eigenvalue weighted by molar-refractivity contribution is 5.92. The van der Waals surface area contributed by atoms with Crippen LogP contribution in [-0.4, -0.2) is 48.5 Å². The van der Waals surface area contributed by atoms with Crippen molar-refractivity contribution >= 4 is 22.4 Å². The van der Waals surface area contributed by atoms with Crippen LogP contribution in [0.4, 0.5) is 11.5 Å². The van der Waals surface area contributed by atoms with Gasteiger partial charge < -0.3 is 20.3 Å². The summed E-state index contributed by atoms with van der Waals surface area (Å²) in [6.45, 7) is 10.4. The van der Waals surface area contributed by atoms with Crippen molar-refractivity contribution in [1.82, 2.24) is 20.5 Å². The van der Waals surface area contributed by atoms with Crippen LogP contribution in [0, 0.1) is 13.8 Å². The van der Waals surface area contributed by atoms with Gasteiger partial charge in [0.25, 0.3) is 0 Å². The summed E-state index contributed by atoms with van der Waals surface area (Å²) in [7, 11) is 1.97. The van der Waals surface area contributed by atoms with E-state index in [1.165, 1.54) is 16.7 Å². The summed E-state index contributed by atoms with van der Waals surface area (Å²) >= 11 is 0. The van der Waals surface area contributed by atoms with Gasteiger partial charge in [0.15, 0.2) is 5.82 Å². The Bertz CT molecular complexity index is 1030. The molecule has 158 valence electrons. The van der Waals surface area contributed by atoms with Crippen LogP contribution in [0.2, 0.25) is 0 Å². The predicted molar refractivity (Wildman–Crippen MR) is 121 cm³/mol. The summed E-state index contributed by atoms with van der Waals surface area (Å²) in [5, 5.41) is 16.7. The Hall–Kier alpha value is -2.77. The van der Waals surface area contributed by atoms with Crippen molar-refractivity contribution < 1.29 is 4.74 Å². The summed E-state index contributed by atoms with van der Waals surface area (Å²) in [6, 6.07) is 8.72. The zero-order valence-electron chi connectivity index (χ0n) is 18.2. The molecule has 1 fully saturated rings. The van der Waals surface area contributed by atoms with Crippen LogP contribution in [0.15, 0.2) is 30.5 Å². The number of fused-ring (bicyclic) bond motifs is 1. The maximum absolute atomic E-state index is 5.49. The van der Waals surface area contributed by atoms with Gasteiger partial charge >= 0.3 is 0 Å². The molecule has 4 rings (SSSR count). The molecule has 3 aromatic rings. The van der Waals surface area contributed by atoms with Gasteiger partial charge in [0.1, 0.15) is 0 Å². The van der Waals surface area contributed by atoms with Gasteiger partial charge in [-0.3, -0.25) is 4.98 Å². The maximum Gasteiger partial charge on any atom is 0.158 e. The largest absolute Gasteiger partial charge is 0.378 e. The van der Waals surface area contributed by atoms with E-state index in [9.17, 15) is 0 Å². The number of ether oxygens (including phenoxy) is 1. The zero-order chi connectivity index (χ0) is 21.1. The number of nitrogens with zero attached hydrogens (tertiary/aromatic N) is 4. The summed E-state index contributed by atoms with van der Waals surface area (Å²) in [5.74, 6) is 0.768. The number of hydrogen-bond donors (Lipinski definition) is 2. The molecule has 1 aliphatic rings. The summed E-state index contributed by atoms with van der Waals surface area (Å²) < 4.78 is 5.49. The number of aryl methyl sites for hydroxylation is 1. The standard InChI is InChI=1S/C23H30N6O/c1-15-18(13-24-4)6-5-7-20(15)16(2)26-23-21-12-19(29-8-10-30-11-9-29)14-25-22(21)17(3)27-28-23/h5-7,12,14,16,24H,8-11,13H2,1-4H3,(H,26,28)/t16-/m1/s1. The topological polar surface area (TPSA) is 75.2 Å². The van der Waals surface area contributed by atoms with Crippen LogP contribution in [-0.2, 0) is 11.3 Å². The minimum Gasteiger partial charge on any atom is -0.378 e. The van der Waals surface area contributed by atoms with Crippen LogP contribution >= 0.6 is 0 Å². The zero-order valence-corrected chi connectivity index (χ0v) is 18.2. The molecule has 1 atom stereocenters. The third kappa shape index (κ3) is 4.08. The molecule has 1 aliphatic heterocycles. The number of benzene rings is 1. The number of aromatic nitrogens is 3. The van der Waals surface area contributed by atoms with Crippen molar-refractivity contribution in [3.63, 3.8) is 0 Å². The fourth-order valence-corrected chi connectivity index (χ4v) is 4.09. The Kier molecular flexibility index (Phi) is 6.11. The van der Waals surface area contributed by atoms with Gasteiger partial charge in [0.05, 0.1) is 42.4 Å². The molecule has 2 N–H and O–H groups in total. The van der Waals surface area contributed by atoms with E-state index in [0.717, 1.165) is 61.0 Å². The van der Waals surface area contributed by atoms with Gasteiger partial charge in [-0.15, -0.1) is 5.10 Å². The highest BCUT2D eigenvalue weighted by atomic mass is 16.5. The van der Waals surface area contributed by atoms with E-state index in [4.69, 9.17) is 9.72 Å². The van der Waals surface area contributed by atoms with E-state index in [0.29, 0.717) is 0 Å². The van der Waals surface area contributed by atoms with Gasteiger partial charge in [-0.05, 0) is 50.6 Å². The highest BCUT2D eigenvalue weighted by Crippen LogP contribution is 2.30. The van der Waals surface area contributed by atoms with Crippen LogP contribution in [0.1, 0.15) is 35.3 Å². The number of pyridine rings is 1. The predicted octanol–water partition coefficient (Wildman–Crippen LogP) is 3.37. The lowest BCUT2D eigenvalue weighted by Crippen LogP contribution is -2.36. The second-order valence-electron chi connectivity index (χ2n) is 7.85. The Balaban J connectivity index is 1.68. The van der Waals surface area contributed by atoms with Crippen molar-refractivity contribution in [2.45, 2.75) is 33.4 Å². The van der Waals surface area contributed by atoms with E-state index in [1.807, 2.05) is 20.2 Å². The molecule has 30 heavy (non-hydrogen) atoms. The first-order valence-corrected chi connectivity index (χ1v) is 10.5. The Morgan fingerprint density at radius 3 is 2.73 bits per heavy atom. The van der Waals surface area contributed by atoms with Gasteiger partial charge in [-0.25, -0.2) is 0 Å². The quantitative estimate of drug-likeness (QED) is 0.650. The van der Waals surface area contributed by atoms with Crippen LogP contribution in [0.5, 0.6) is 0 Å². The average molecular weight is 407 g/mol. The lowest BCUT2D eigenvalue weighted by atomic mass is 9.97. The molecular formula is C23H30N6O. The van der Waals surface area contributed by atoms with Crippen molar-refractivity contribution in [2.75, 3.05) is 43.6 Å². The van der Waals surface area contributed by atoms with Crippen molar-refractivity contribution in [3.8, 4) is 0 Å². The summed E-state index contributed by atoms with van der Waals surface area (Å²) in [4.78, 5) is 7.03. The summed E-state index contributed by atoms with van der Waals surface area (Å²) in [6.07, 6.45) is 1.93. The van der Waals surface area contributed by atoms with E-state index < -0.39 is 0 Å². The van der Waals surface area contributed by atoms with Gasteiger partial charge in [-0.2, -0.15) is 5.10 Å². The van der Waals surface area contributed by atoms with Crippen LogP contribution in [0.3, 0.4) is 0 Å². The molecule has 0 amide bonds. The first kappa shape index (κ1) is 20.5. The van der Waals surface area contributed by atoms with E-state index in [-0.39, 0.29) is 6.04 Å². The van der Waals surface area contributed by atoms with E-state index in [1.54, 1.807) is 0 Å². The van der Waals surface area contributed by atoms with Crippen LogP contribution < -0.4 is 15.5 Å². The van der Waals surface area contributed by atoms with Crippen molar-refractivity contribution in [2.24, 2.45) is 0 Å². The number of morpholine rings is 1. The molecular weight excluding hydrogens is 376 g/mol. The maximum atomic E-state index is 5.49. The second-order valence-corrected chi connectivity index (χ2v) is 7.85. The summed E-state index contributed by atoms with van der Waals surface area (Å²) in [5.41, 5.74) is 6.68. The lowest BCUT2D eigenvalue weighted by molar-refractivity contribution is 0.122. The number of nitrogens with one attached hydrogen (secondary N) is 2. The molecule has 7 nitrogen and oxygen atoms in total.